The molecule has 0 aliphatic rings. The van der Waals surface area contributed by atoms with E-state index >= 15 is 0 Å². The first-order valence-corrected chi connectivity index (χ1v) is 7.29. The number of benzene rings is 2. The van der Waals surface area contributed by atoms with Gasteiger partial charge in [0.15, 0.2) is 6.61 Å². The molecule has 0 atom stereocenters. The van der Waals surface area contributed by atoms with E-state index in [0.29, 0.717) is 16.7 Å². The molecule has 0 bridgehead atoms. The third-order valence-corrected chi connectivity index (χ3v) is 3.61. The maximum atomic E-state index is 6.13. The Morgan fingerprint density at radius 2 is 1.95 bits per heavy atom. The van der Waals surface area contributed by atoms with Gasteiger partial charge in [0.1, 0.15) is 5.75 Å². The summed E-state index contributed by atoms with van der Waals surface area (Å²) in [5.41, 5.74) is 2.95. The van der Waals surface area contributed by atoms with Gasteiger partial charge in [-0.25, -0.2) is 0 Å². The molecule has 22 heavy (non-hydrogen) atoms. The average molecular weight is 315 g/mol. The second kappa shape index (κ2) is 6.20. The van der Waals surface area contributed by atoms with Crippen LogP contribution in [-0.2, 0) is 6.61 Å². The third kappa shape index (κ3) is 3.12. The number of hydrogen-bond acceptors (Lipinski definition) is 4. The van der Waals surface area contributed by atoms with Gasteiger partial charge in [-0.2, -0.15) is 4.98 Å². The van der Waals surface area contributed by atoms with Crippen molar-refractivity contribution in [1.29, 1.82) is 0 Å². The van der Waals surface area contributed by atoms with Crippen molar-refractivity contribution in [2.75, 3.05) is 0 Å². The zero-order valence-corrected chi connectivity index (χ0v) is 13.1. The molecule has 0 aliphatic heterocycles. The molecule has 3 aromatic rings. The Hall–Kier alpha value is -2.33. The van der Waals surface area contributed by atoms with Crippen molar-refractivity contribution in [3.63, 3.8) is 0 Å². The average Bonchev–Trinajstić information content (AvgIpc) is 2.97. The smallest absolute Gasteiger partial charge is 0.264 e. The zero-order valence-electron chi connectivity index (χ0n) is 12.3. The van der Waals surface area contributed by atoms with Crippen LogP contribution >= 0.6 is 11.6 Å². The number of hydrogen-bond donors (Lipinski definition) is 0. The zero-order chi connectivity index (χ0) is 15.5. The Labute approximate surface area is 133 Å². The fourth-order valence-corrected chi connectivity index (χ4v) is 2.29. The van der Waals surface area contributed by atoms with Crippen molar-refractivity contribution in [2.24, 2.45) is 0 Å². The number of nitrogens with zero attached hydrogens (tertiary/aromatic N) is 2. The fourth-order valence-electron chi connectivity index (χ4n) is 2.07. The van der Waals surface area contributed by atoms with Crippen LogP contribution in [0.4, 0.5) is 0 Å². The summed E-state index contributed by atoms with van der Waals surface area (Å²) in [6.45, 7) is 4.24. The number of halogens is 1. The molecule has 2 aromatic carbocycles. The first-order valence-electron chi connectivity index (χ1n) is 6.91. The summed E-state index contributed by atoms with van der Waals surface area (Å²) in [4.78, 5) is 4.32. The Bertz CT molecular complexity index is 799. The van der Waals surface area contributed by atoms with E-state index in [9.17, 15) is 0 Å². The van der Waals surface area contributed by atoms with Crippen LogP contribution in [0.2, 0.25) is 5.02 Å². The highest BCUT2D eigenvalue weighted by Crippen LogP contribution is 2.25. The third-order valence-electron chi connectivity index (χ3n) is 3.28. The topological polar surface area (TPSA) is 48.2 Å². The normalized spacial score (nSPS) is 10.7. The molecule has 0 aliphatic carbocycles. The maximum absolute atomic E-state index is 6.13. The molecular formula is C17H15ClN2O2. The molecule has 0 N–H and O–H groups in total. The summed E-state index contributed by atoms with van der Waals surface area (Å²) in [5.74, 6) is 1.69. The standard InChI is InChI=1S/C17H15ClN2O2/c1-11-7-8-12(2)15(9-11)21-10-16-19-17(20-22-16)13-5-3-4-6-14(13)18/h3-9H,10H2,1-2H3. The van der Waals surface area contributed by atoms with E-state index in [4.69, 9.17) is 20.9 Å². The molecular weight excluding hydrogens is 300 g/mol. The van der Waals surface area contributed by atoms with Crippen LogP contribution in [0.15, 0.2) is 47.0 Å². The predicted molar refractivity (Wildman–Crippen MR) is 85.0 cm³/mol. The lowest BCUT2D eigenvalue weighted by atomic mass is 10.1. The molecule has 1 heterocycles. The van der Waals surface area contributed by atoms with Gasteiger partial charge in [-0.1, -0.05) is 41.0 Å². The number of aryl methyl sites for hydroxylation is 2. The molecule has 0 saturated heterocycles. The van der Waals surface area contributed by atoms with Gasteiger partial charge in [-0.3, -0.25) is 0 Å². The molecule has 0 fully saturated rings. The Morgan fingerprint density at radius 1 is 1.14 bits per heavy atom. The van der Waals surface area contributed by atoms with Crippen LogP contribution < -0.4 is 4.74 Å². The Morgan fingerprint density at radius 3 is 2.77 bits per heavy atom. The summed E-state index contributed by atoms with van der Waals surface area (Å²) in [6, 6.07) is 13.4. The van der Waals surface area contributed by atoms with E-state index < -0.39 is 0 Å². The van der Waals surface area contributed by atoms with Crippen molar-refractivity contribution in [2.45, 2.75) is 20.5 Å². The van der Waals surface area contributed by atoms with Crippen molar-refractivity contribution < 1.29 is 9.26 Å². The molecule has 1 aromatic heterocycles. The Balaban J connectivity index is 1.75. The quantitative estimate of drug-likeness (QED) is 0.707. The first kappa shape index (κ1) is 14.6. The molecule has 112 valence electrons. The molecule has 4 nitrogen and oxygen atoms in total. The minimum Gasteiger partial charge on any atom is -0.483 e. The van der Waals surface area contributed by atoms with E-state index in [1.165, 1.54) is 0 Å². The fraction of sp³-hybridized carbons (Fsp3) is 0.176. The largest absolute Gasteiger partial charge is 0.483 e. The molecule has 0 spiro atoms. The Kier molecular flexibility index (Phi) is 4.11. The lowest BCUT2D eigenvalue weighted by Crippen LogP contribution is -1.97. The van der Waals surface area contributed by atoms with Crippen LogP contribution in [0.25, 0.3) is 11.4 Å². The van der Waals surface area contributed by atoms with E-state index in [1.54, 1.807) is 6.07 Å². The molecule has 0 amide bonds. The van der Waals surface area contributed by atoms with Gasteiger partial charge in [-0.05, 0) is 43.2 Å². The van der Waals surface area contributed by atoms with Gasteiger partial charge >= 0.3 is 0 Å². The number of rotatable bonds is 4. The van der Waals surface area contributed by atoms with Crippen LogP contribution in [0.1, 0.15) is 17.0 Å². The molecule has 0 unspecified atom stereocenters. The highest BCUT2D eigenvalue weighted by atomic mass is 35.5. The molecule has 3 rings (SSSR count). The SMILES string of the molecule is Cc1ccc(C)c(OCc2nc(-c3ccccc3Cl)no2)c1. The summed E-state index contributed by atoms with van der Waals surface area (Å²) in [6.07, 6.45) is 0. The highest BCUT2D eigenvalue weighted by Gasteiger charge is 2.12. The minimum atomic E-state index is 0.224. The number of ether oxygens (including phenoxy) is 1. The molecule has 0 radical (unpaired) electrons. The van der Waals surface area contributed by atoms with Crippen molar-refractivity contribution in [3.05, 3.63) is 64.5 Å². The van der Waals surface area contributed by atoms with Crippen LogP contribution in [0, 0.1) is 13.8 Å². The summed E-state index contributed by atoms with van der Waals surface area (Å²) < 4.78 is 11.0. The van der Waals surface area contributed by atoms with Crippen molar-refractivity contribution in [1.82, 2.24) is 10.1 Å². The second-order valence-corrected chi connectivity index (χ2v) is 5.46. The van der Waals surface area contributed by atoms with E-state index in [0.717, 1.165) is 22.4 Å². The predicted octanol–water partition coefficient (Wildman–Crippen LogP) is 4.59. The first-order chi connectivity index (χ1) is 10.6. The minimum absolute atomic E-state index is 0.224. The van der Waals surface area contributed by atoms with Gasteiger partial charge in [0, 0.05) is 5.56 Å². The van der Waals surface area contributed by atoms with Gasteiger partial charge in [-0.15, -0.1) is 0 Å². The lowest BCUT2D eigenvalue weighted by molar-refractivity contribution is 0.241. The van der Waals surface area contributed by atoms with Gasteiger partial charge in [0.25, 0.3) is 5.89 Å². The van der Waals surface area contributed by atoms with E-state index in [2.05, 4.69) is 10.1 Å². The monoisotopic (exact) mass is 314 g/mol. The highest BCUT2D eigenvalue weighted by molar-refractivity contribution is 6.33. The lowest BCUT2D eigenvalue weighted by Gasteiger charge is -2.07. The summed E-state index contributed by atoms with van der Waals surface area (Å²) in [7, 11) is 0. The second-order valence-electron chi connectivity index (χ2n) is 5.05. The van der Waals surface area contributed by atoms with Crippen LogP contribution in [0.5, 0.6) is 5.75 Å². The molecule has 5 heteroatoms. The summed E-state index contributed by atoms with van der Waals surface area (Å²) >= 11 is 6.13. The van der Waals surface area contributed by atoms with E-state index in [-0.39, 0.29) is 6.61 Å². The van der Waals surface area contributed by atoms with Gasteiger partial charge in [0.2, 0.25) is 5.82 Å². The van der Waals surface area contributed by atoms with Crippen molar-refractivity contribution in [3.8, 4) is 17.1 Å². The van der Waals surface area contributed by atoms with Crippen LogP contribution in [0.3, 0.4) is 0 Å². The van der Waals surface area contributed by atoms with Crippen LogP contribution in [-0.4, -0.2) is 10.1 Å². The van der Waals surface area contributed by atoms with Gasteiger partial charge in [0.05, 0.1) is 5.02 Å². The summed E-state index contributed by atoms with van der Waals surface area (Å²) in [5, 5.41) is 4.54. The maximum Gasteiger partial charge on any atom is 0.264 e. The number of aromatic nitrogens is 2. The van der Waals surface area contributed by atoms with Gasteiger partial charge < -0.3 is 9.26 Å². The van der Waals surface area contributed by atoms with E-state index in [1.807, 2.05) is 50.2 Å². The molecule has 0 saturated carbocycles. The van der Waals surface area contributed by atoms with Crippen molar-refractivity contribution >= 4 is 11.6 Å².